The van der Waals surface area contributed by atoms with Crippen molar-refractivity contribution in [3.8, 4) is 0 Å². The zero-order chi connectivity index (χ0) is 18.3. The molecule has 1 saturated carbocycles. The summed E-state index contributed by atoms with van der Waals surface area (Å²) < 4.78 is 5.42. The van der Waals surface area contributed by atoms with Crippen molar-refractivity contribution in [2.45, 2.75) is 46.1 Å². The van der Waals surface area contributed by atoms with Gasteiger partial charge in [0.2, 0.25) is 5.95 Å². The molecule has 3 heterocycles. The van der Waals surface area contributed by atoms with E-state index in [0.29, 0.717) is 23.8 Å². The molecular formula is C20H26N4O2. The maximum absolute atomic E-state index is 12.9. The molecule has 3 unspecified atom stereocenters. The number of rotatable bonds is 3. The maximum atomic E-state index is 12.9. The molecule has 26 heavy (non-hydrogen) atoms. The number of carbonyl (C=O) groups excluding carboxylic acids is 1. The Balaban J connectivity index is 1.41. The molecule has 1 aliphatic heterocycles. The molecule has 6 heteroatoms. The van der Waals surface area contributed by atoms with Gasteiger partial charge in [-0.1, -0.05) is 0 Å². The molecule has 2 fully saturated rings. The Kier molecular flexibility index (Phi) is 4.42. The number of aromatic nitrogens is 2. The Labute approximate surface area is 154 Å². The number of aryl methyl sites for hydroxylation is 3. The largest absolute Gasteiger partial charge is 0.469 e. The van der Waals surface area contributed by atoms with Crippen molar-refractivity contribution >= 4 is 11.9 Å². The summed E-state index contributed by atoms with van der Waals surface area (Å²) in [5, 5.41) is 3.48. The van der Waals surface area contributed by atoms with E-state index in [2.05, 4.69) is 15.3 Å². The second-order valence-corrected chi connectivity index (χ2v) is 7.76. The van der Waals surface area contributed by atoms with Crippen LogP contribution in [0.3, 0.4) is 0 Å². The molecule has 2 aromatic heterocycles. The number of carbonyl (C=O) groups is 1. The molecule has 4 rings (SSSR count). The van der Waals surface area contributed by atoms with Crippen LogP contribution in [-0.4, -0.2) is 39.9 Å². The first kappa shape index (κ1) is 17.1. The first-order valence-corrected chi connectivity index (χ1v) is 9.41. The number of hydrogen-bond acceptors (Lipinski definition) is 5. The summed E-state index contributed by atoms with van der Waals surface area (Å²) in [5.74, 6) is 2.70. The highest BCUT2D eigenvalue weighted by Crippen LogP contribution is 2.38. The van der Waals surface area contributed by atoms with Crippen LogP contribution in [0.1, 0.15) is 46.6 Å². The summed E-state index contributed by atoms with van der Waals surface area (Å²) >= 11 is 0. The predicted octanol–water partition coefficient (Wildman–Crippen LogP) is 3.35. The van der Waals surface area contributed by atoms with Gasteiger partial charge >= 0.3 is 0 Å². The van der Waals surface area contributed by atoms with E-state index < -0.39 is 0 Å². The molecule has 2 aliphatic rings. The minimum absolute atomic E-state index is 0.120. The number of fused-ring (bicyclic) bond motifs is 1. The minimum atomic E-state index is 0.120. The summed E-state index contributed by atoms with van der Waals surface area (Å²) in [6.45, 7) is 7.48. The number of likely N-dealkylation sites (tertiary alicyclic amines) is 1. The lowest BCUT2D eigenvalue weighted by atomic mass is 9.79. The van der Waals surface area contributed by atoms with E-state index in [4.69, 9.17) is 4.42 Å². The van der Waals surface area contributed by atoms with Crippen molar-refractivity contribution in [3.05, 3.63) is 41.1 Å². The number of amides is 1. The van der Waals surface area contributed by atoms with Gasteiger partial charge in [-0.05, 0) is 57.9 Å². The van der Waals surface area contributed by atoms with Crippen LogP contribution < -0.4 is 5.32 Å². The third kappa shape index (κ3) is 3.20. The minimum Gasteiger partial charge on any atom is -0.469 e. The Morgan fingerprint density at radius 2 is 2.04 bits per heavy atom. The zero-order valence-electron chi connectivity index (χ0n) is 15.7. The molecule has 3 atom stereocenters. The smallest absolute Gasteiger partial charge is 0.257 e. The van der Waals surface area contributed by atoms with Crippen LogP contribution in [-0.2, 0) is 0 Å². The molecule has 1 saturated heterocycles. The lowest BCUT2D eigenvalue weighted by Gasteiger charge is -2.31. The van der Waals surface area contributed by atoms with Gasteiger partial charge in [0, 0.05) is 36.6 Å². The van der Waals surface area contributed by atoms with Crippen LogP contribution in [0.4, 0.5) is 5.95 Å². The van der Waals surface area contributed by atoms with Gasteiger partial charge in [-0.3, -0.25) is 4.79 Å². The van der Waals surface area contributed by atoms with Gasteiger partial charge in [-0.2, -0.15) is 0 Å². The summed E-state index contributed by atoms with van der Waals surface area (Å²) in [6.07, 6.45) is 6.77. The summed E-state index contributed by atoms with van der Waals surface area (Å²) in [5.41, 5.74) is 2.64. The second kappa shape index (κ2) is 6.74. The van der Waals surface area contributed by atoms with Crippen molar-refractivity contribution in [3.63, 3.8) is 0 Å². The molecule has 138 valence electrons. The van der Waals surface area contributed by atoms with Gasteiger partial charge in [-0.25, -0.2) is 9.97 Å². The standard InChI is InChI=1S/C20H26N4O2/c1-12-11-26-14(3)18(12)19(25)24-9-15-4-5-17(8-16(15)10-24)23-20-21-7-6-13(2)22-20/h6-7,11,15-17H,4-5,8-10H2,1-3H3,(H,21,22,23). The third-order valence-electron chi connectivity index (χ3n) is 5.84. The van der Waals surface area contributed by atoms with Crippen LogP contribution in [0.15, 0.2) is 22.9 Å². The van der Waals surface area contributed by atoms with Crippen molar-refractivity contribution in [1.29, 1.82) is 0 Å². The maximum Gasteiger partial charge on any atom is 0.257 e. The molecular weight excluding hydrogens is 328 g/mol. The van der Waals surface area contributed by atoms with Gasteiger partial charge in [-0.15, -0.1) is 0 Å². The van der Waals surface area contributed by atoms with E-state index in [1.807, 2.05) is 31.7 Å². The van der Waals surface area contributed by atoms with Crippen molar-refractivity contribution < 1.29 is 9.21 Å². The topological polar surface area (TPSA) is 71.3 Å². The first-order valence-electron chi connectivity index (χ1n) is 9.41. The normalized spacial score (nSPS) is 25.2. The van der Waals surface area contributed by atoms with E-state index in [1.54, 1.807) is 12.5 Å². The number of nitrogens with zero attached hydrogens (tertiary/aromatic N) is 3. The quantitative estimate of drug-likeness (QED) is 0.915. The van der Waals surface area contributed by atoms with Crippen LogP contribution in [0, 0.1) is 32.6 Å². The highest BCUT2D eigenvalue weighted by molar-refractivity contribution is 5.96. The monoisotopic (exact) mass is 354 g/mol. The Bertz CT molecular complexity index is 796. The Hall–Kier alpha value is -2.37. The van der Waals surface area contributed by atoms with Gasteiger partial charge in [0.05, 0.1) is 11.8 Å². The van der Waals surface area contributed by atoms with E-state index in [9.17, 15) is 4.79 Å². The molecule has 0 radical (unpaired) electrons. The molecule has 0 bridgehead atoms. The van der Waals surface area contributed by atoms with Crippen LogP contribution in [0.2, 0.25) is 0 Å². The van der Waals surface area contributed by atoms with Crippen LogP contribution in [0.5, 0.6) is 0 Å². The fourth-order valence-electron chi connectivity index (χ4n) is 4.48. The van der Waals surface area contributed by atoms with Gasteiger partial charge < -0.3 is 14.6 Å². The van der Waals surface area contributed by atoms with E-state index in [1.165, 1.54) is 0 Å². The molecule has 1 aliphatic carbocycles. The molecule has 6 nitrogen and oxygen atoms in total. The highest BCUT2D eigenvalue weighted by atomic mass is 16.3. The van der Waals surface area contributed by atoms with Crippen molar-refractivity contribution in [1.82, 2.24) is 14.9 Å². The Morgan fingerprint density at radius 3 is 2.77 bits per heavy atom. The SMILES string of the molecule is Cc1ccnc(NC2CCC3CN(C(=O)c4c(C)coc4C)CC3C2)n1. The average molecular weight is 354 g/mol. The van der Waals surface area contributed by atoms with Gasteiger partial charge in [0.1, 0.15) is 5.76 Å². The predicted molar refractivity (Wildman–Crippen MR) is 99.1 cm³/mol. The number of hydrogen-bond donors (Lipinski definition) is 1. The second-order valence-electron chi connectivity index (χ2n) is 7.76. The highest BCUT2D eigenvalue weighted by Gasteiger charge is 2.40. The van der Waals surface area contributed by atoms with E-state index in [-0.39, 0.29) is 5.91 Å². The lowest BCUT2D eigenvalue weighted by molar-refractivity contribution is 0.0781. The molecule has 2 aromatic rings. The fraction of sp³-hybridized carbons (Fsp3) is 0.550. The summed E-state index contributed by atoms with van der Waals surface area (Å²) in [6, 6.07) is 2.29. The fourth-order valence-corrected chi connectivity index (χ4v) is 4.48. The molecule has 1 amide bonds. The lowest BCUT2D eigenvalue weighted by Crippen LogP contribution is -2.32. The van der Waals surface area contributed by atoms with Gasteiger partial charge in [0.15, 0.2) is 0 Å². The average Bonchev–Trinajstić information content (AvgIpc) is 3.17. The summed E-state index contributed by atoms with van der Waals surface area (Å²) in [4.78, 5) is 23.7. The van der Waals surface area contributed by atoms with E-state index >= 15 is 0 Å². The third-order valence-corrected chi connectivity index (χ3v) is 5.84. The number of nitrogens with one attached hydrogen (secondary N) is 1. The van der Waals surface area contributed by atoms with Crippen molar-refractivity contribution in [2.24, 2.45) is 11.8 Å². The Morgan fingerprint density at radius 1 is 1.23 bits per heavy atom. The first-order chi connectivity index (χ1) is 12.5. The van der Waals surface area contributed by atoms with Crippen LogP contribution >= 0.6 is 0 Å². The van der Waals surface area contributed by atoms with Gasteiger partial charge in [0.25, 0.3) is 5.91 Å². The van der Waals surface area contributed by atoms with E-state index in [0.717, 1.165) is 54.9 Å². The van der Waals surface area contributed by atoms with Crippen LogP contribution in [0.25, 0.3) is 0 Å². The number of furan rings is 1. The molecule has 0 aromatic carbocycles. The molecule has 0 spiro atoms. The molecule has 1 N–H and O–H groups in total. The van der Waals surface area contributed by atoms with Crippen molar-refractivity contribution in [2.75, 3.05) is 18.4 Å². The summed E-state index contributed by atoms with van der Waals surface area (Å²) in [7, 11) is 0. The number of anilines is 1. The zero-order valence-corrected chi connectivity index (χ0v) is 15.7.